The Morgan fingerprint density at radius 3 is 3.08 bits per heavy atom. The Morgan fingerprint density at radius 2 is 2.38 bits per heavy atom. The molecule has 2 aromatic rings. The Kier molecular flexibility index (Phi) is 1.94. The van der Waals surface area contributed by atoms with Crippen LogP contribution in [0.4, 0.5) is 0 Å². The van der Waals surface area contributed by atoms with Crippen LogP contribution in [0.25, 0.3) is 10.2 Å². The van der Waals surface area contributed by atoms with E-state index in [2.05, 4.69) is 4.98 Å². The number of thiophene rings is 1. The number of fused-ring (bicyclic) bond motifs is 1. The summed E-state index contributed by atoms with van der Waals surface area (Å²) in [6.07, 6.45) is 0. The van der Waals surface area contributed by atoms with Crippen LogP contribution >= 0.6 is 22.9 Å². The average Bonchev–Trinajstić information content (AvgIpc) is 2.48. The molecule has 5 heteroatoms. The first-order valence-electron chi connectivity index (χ1n) is 3.45. The summed E-state index contributed by atoms with van der Waals surface area (Å²) in [5.74, 6) is -1.05. The lowest BCUT2D eigenvalue weighted by Gasteiger charge is -1.96. The van der Waals surface area contributed by atoms with Crippen LogP contribution in [0.2, 0.25) is 5.15 Å². The predicted octanol–water partition coefficient (Wildman–Crippen LogP) is 2.65. The van der Waals surface area contributed by atoms with Gasteiger partial charge in [-0.2, -0.15) is 0 Å². The number of carboxylic acids is 1. The largest absolute Gasteiger partial charge is 0.478 e. The molecule has 0 fully saturated rings. The highest BCUT2D eigenvalue weighted by Gasteiger charge is 2.11. The smallest absolute Gasteiger partial charge is 0.338 e. The second-order valence-corrected chi connectivity index (χ2v) is 3.70. The van der Waals surface area contributed by atoms with Crippen molar-refractivity contribution in [1.29, 1.82) is 0 Å². The molecule has 13 heavy (non-hydrogen) atoms. The van der Waals surface area contributed by atoms with Gasteiger partial charge in [-0.1, -0.05) is 11.6 Å². The minimum atomic E-state index is -1.05. The molecule has 3 nitrogen and oxygen atoms in total. The van der Waals surface area contributed by atoms with Crippen LogP contribution < -0.4 is 0 Å². The van der Waals surface area contributed by atoms with Gasteiger partial charge in [0.1, 0.15) is 9.98 Å². The number of halogens is 1. The van der Waals surface area contributed by atoms with Gasteiger partial charge in [0.05, 0.1) is 5.56 Å². The number of carboxylic acid groups (broad SMARTS) is 1. The molecule has 0 amide bonds. The topological polar surface area (TPSA) is 50.2 Å². The van der Waals surface area contributed by atoms with Crippen molar-refractivity contribution in [3.63, 3.8) is 0 Å². The van der Waals surface area contributed by atoms with Crippen LogP contribution in [0, 0.1) is 0 Å². The third kappa shape index (κ3) is 1.38. The summed E-state index contributed by atoms with van der Waals surface area (Å²) >= 11 is 7.10. The van der Waals surface area contributed by atoms with Gasteiger partial charge in [-0.05, 0) is 17.5 Å². The molecule has 0 aliphatic heterocycles. The van der Waals surface area contributed by atoms with Crippen molar-refractivity contribution < 1.29 is 9.90 Å². The van der Waals surface area contributed by atoms with Gasteiger partial charge in [-0.15, -0.1) is 11.3 Å². The van der Waals surface area contributed by atoms with E-state index in [-0.39, 0.29) is 10.7 Å². The highest BCUT2D eigenvalue weighted by molar-refractivity contribution is 7.16. The number of hydrogen-bond acceptors (Lipinski definition) is 3. The molecule has 2 heterocycles. The standard InChI is InChI=1S/C8H4ClNO2S/c9-6-5(8(11)12)3-4-1-2-13-7(4)10-6/h1-3H,(H,11,12). The molecular weight excluding hydrogens is 210 g/mol. The van der Waals surface area contributed by atoms with Crippen LogP contribution in [0.3, 0.4) is 0 Å². The zero-order valence-corrected chi connectivity index (χ0v) is 7.89. The summed E-state index contributed by atoms with van der Waals surface area (Å²) in [5, 5.41) is 11.4. The van der Waals surface area contributed by atoms with E-state index in [0.717, 1.165) is 10.2 Å². The van der Waals surface area contributed by atoms with E-state index in [1.807, 2.05) is 11.4 Å². The molecule has 66 valence electrons. The fraction of sp³-hybridized carbons (Fsp3) is 0. The van der Waals surface area contributed by atoms with Gasteiger partial charge in [0.2, 0.25) is 0 Å². The second kappa shape index (κ2) is 2.97. The Bertz CT molecular complexity index is 480. The third-order valence-electron chi connectivity index (χ3n) is 1.63. The molecule has 0 aliphatic rings. The van der Waals surface area contributed by atoms with E-state index in [1.54, 1.807) is 0 Å². The summed E-state index contributed by atoms with van der Waals surface area (Å²) in [4.78, 5) is 15.4. The highest BCUT2D eigenvalue weighted by atomic mass is 35.5. The number of nitrogens with zero attached hydrogens (tertiary/aromatic N) is 1. The summed E-state index contributed by atoms with van der Waals surface area (Å²) in [7, 11) is 0. The number of hydrogen-bond donors (Lipinski definition) is 1. The minimum Gasteiger partial charge on any atom is -0.478 e. The van der Waals surface area contributed by atoms with E-state index >= 15 is 0 Å². The first-order chi connectivity index (χ1) is 6.18. The molecule has 0 saturated carbocycles. The maximum Gasteiger partial charge on any atom is 0.338 e. The predicted molar refractivity (Wildman–Crippen MR) is 51.6 cm³/mol. The Hall–Kier alpha value is -1.13. The number of carbonyl (C=O) groups is 1. The number of rotatable bonds is 1. The van der Waals surface area contributed by atoms with Gasteiger partial charge in [-0.25, -0.2) is 9.78 Å². The van der Waals surface area contributed by atoms with E-state index in [4.69, 9.17) is 16.7 Å². The van der Waals surface area contributed by atoms with Crippen molar-refractivity contribution >= 4 is 39.1 Å². The summed E-state index contributed by atoms with van der Waals surface area (Å²) in [6, 6.07) is 3.35. The molecule has 0 bridgehead atoms. The lowest BCUT2D eigenvalue weighted by molar-refractivity contribution is 0.0697. The Labute approximate surface area is 82.6 Å². The molecule has 0 atom stereocenters. The van der Waals surface area contributed by atoms with Crippen LogP contribution in [0.15, 0.2) is 17.5 Å². The maximum atomic E-state index is 10.7. The van der Waals surface area contributed by atoms with Crippen molar-refractivity contribution in [3.05, 3.63) is 28.2 Å². The van der Waals surface area contributed by atoms with Crippen LogP contribution in [0.1, 0.15) is 10.4 Å². The molecule has 1 N–H and O–H groups in total. The van der Waals surface area contributed by atoms with Gasteiger partial charge >= 0.3 is 5.97 Å². The molecule has 0 radical (unpaired) electrons. The lowest BCUT2D eigenvalue weighted by atomic mass is 10.2. The SMILES string of the molecule is O=C(O)c1cc2ccsc2nc1Cl. The molecule has 0 spiro atoms. The van der Waals surface area contributed by atoms with Crippen molar-refractivity contribution in [2.75, 3.05) is 0 Å². The fourth-order valence-electron chi connectivity index (χ4n) is 1.03. The number of pyridine rings is 1. The fourth-order valence-corrected chi connectivity index (χ4v) is 2.05. The molecular formula is C8H4ClNO2S. The van der Waals surface area contributed by atoms with E-state index in [0.29, 0.717) is 0 Å². The summed E-state index contributed by atoms with van der Waals surface area (Å²) in [5.41, 5.74) is 0.0487. The zero-order valence-electron chi connectivity index (χ0n) is 6.32. The van der Waals surface area contributed by atoms with Crippen molar-refractivity contribution in [2.24, 2.45) is 0 Å². The Morgan fingerprint density at radius 1 is 1.62 bits per heavy atom. The Balaban J connectivity index is 2.76. The maximum absolute atomic E-state index is 10.7. The highest BCUT2D eigenvalue weighted by Crippen LogP contribution is 2.24. The quantitative estimate of drug-likeness (QED) is 0.741. The van der Waals surface area contributed by atoms with Gasteiger partial charge in [0.15, 0.2) is 0 Å². The monoisotopic (exact) mass is 213 g/mol. The van der Waals surface area contributed by atoms with Gasteiger partial charge < -0.3 is 5.11 Å². The first-order valence-corrected chi connectivity index (χ1v) is 4.71. The molecule has 2 aromatic heterocycles. The summed E-state index contributed by atoms with van der Waals surface area (Å²) < 4.78 is 0. The summed E-state index contributed by atoms with van der Waals surface area (Å²) in [6.45, 7) is 0. The molecule has 0 unspecified atom stereocenters. The van der Waals surface area contributed by atoms with Gasteiger partial charge in [0.25, 0.3) is 0 Å². The minimum absolute atomic E-state index is 0.0439. The van der Waals surface area contributed by atoms with Crippen molar-refractivity contribution in [2.45, 2.75) is 0 Å². The number of aromatic nitrogens is 1. The van der Waals surface area contributed by atoms with Crippen LogP contribution in [-0.4, -0.2) is 16.1 Å². The van der Waals surface area contributed by atoms with Crippen molar-refractivity contribution in [3.8, 4) is 0 Å². The lowest BCUT2D eigenvalue weighted by Crippen LogP contribution is -1.98. The van der Waals surface area contributed by atoms with Crippen LogP contribution in [-0.2, 0) is 0 Å². The average molecular weight is 214 g/mol. The molecule has 0 saturated heterocycles. The van der Waals surface area contributed by atoms with Crippen molar-refractivity contribution in [1.82, 2.24) is 4.98 Å². The molecule has 0 aromatic carbocycles. The van der Waals surface area contributed by atoms with E-state index < -0.39 is 5.97 Å². The second-order valence-electron chi connectivity index (χ2n) is 2.45. The molecule has 0 aliphatic carbocycles. The molecule has 2 rings (SSSR count). The van der Waals surface area contributed by atoms with Gasteiger partial charge in [-0.3, -0.25) is 0 Å². The normalized spacial score (nSPS) is 10.5. The zero-order chi connectivity index (χ0) is 9.42. The first kappa shape index (κ1) is 8.47. The van der Waals surface area contributed by atoms with Crippen LogP contribution in [0.5, 0.6) is 0 Å². The van der Waals surface area contributed by atoms with E-state index in [1.165, 1.54) is 17.4 Å². The van der Waals surface area contributed by atoms with Gasteiger partial charge in [0, 0.05) is 5.39 Å². The number of aromatic carboxylic acids is 1. The van der Waals surface area contributed by atoms with E-state index in [9.17, 15) is 4.79 Å². The third-order valence-corrected chi connectivity index (χ3v) is 2.74.